The molecule has 3 saturated heterocycles. The molecule has 4 heterocycles. The van der Waals surface area contributed by atoms with Crippen LogP contribution in [-0.4, -0.2) is 78.5 Å². The van der Waals surface area contributed by atoms with Crippen LogP contribution >= 0.6 is 11.8 Å². The molecular formula is C22H28N6O4S. The van der Waals surface area contributed by atoms with Gasteiger partial charge in [0.05, 0.1) is 28.7 Å². The van der Waals surface area contributed by atoms with E-state index in [1.54, 1.807) is 16.4 Å². The second kappa shape index (κ2) is 8.60. The smallest absolute Gasteiger partial charge is 0.245 e. The van der Waals surface area contributed by atoms with Gasteiger partial charge in [-0.2, -0.15) is 0 Å². The zero-order valence-electron chi connectivity index (χ0n) is 18.4. The lowest BCUT2D eigenvalue weighted by molar-refractivity contribution is -0.140. The summed E-state index contributed by atoms with van der Waals surface area (Å²) in [5, 5.41) is 23.8. The first-order valence-electron chi connectivity index (χ1n) is 11.4. The molecule has 0 saturated carbocycles. The summed E-state index contributed by atoms with van der Waals surface area (Å²) in [6.45, 7) is 2.49. The van der Waals surface area contributed by atoms with Crippen LogP contribution in [0.25, 0.3) is 11.0 Å². The molecule has 1 aromatic carbocycles. The van der Waals surface area contributed by atoms with E-state index in [0.717, 1.165) is 23.9 Å². The largest absolute Gasteiger partial charge is 0.395 e. The minimum absolute atomic E-state index is 0.0293. The third-order valence-corrected chi connectivity index (χ3v) is 9.02. The van der Waals surface area contributed by atoms with Gasteiger partial charge in [-0.1, -0.05) is 24.3 Å². The van der Waals surface area contributed by atoms with Gasteiger partial charge in [0.15, 0.2) is 0 Å². The number of β-amino-alcohol motifs (C(OH)–C–C–N with tert-alkyl or cyclic N) is 1. The number of para-hydroxylation sites is 1. The van der Waals surface area contributed by atoms with Crippen molar-refractivity contribution in [3.63, 3.8) is 0 Å². The van der Waals surface area contributed by atoms with Crippen molar-refractivity contribution in [3.8, 4) is 0 Å². The predicted octanol–water partition coefficient (Wildman–Crippen LogP) is 0.115. The van der Waals surface area contributed by atoms with Gasteiger partial charge in [0.2, 0.25) is 17.7 Å². The molecule has 5 rings (SSSR count). The molecular weight excluding hydrogens is 444 g/mol. The third kappa shape index (κ3) is 3.40. The van der Waals surface area contributed by atoms with Gasteiger partial charge < -0.3 is 20.6 Å². The number of thioether (sulfide) groups is 1. The van der Waals surface area contributed by atoms with Crippen LogP contribution in [0.5, 0.6) is 0 Å². The van der Waals surface area contributed by atoms with Crippen molar-refractivity contribution < 1.29 is 19.5 Å². The molecule has 176 valence electrons. The number of hydrogen-bond donors (Lipinski definition) is 3. The van der Waals surface area contributed by atoms with Crippen molar-refractivity contribution in [2.45, 2.75) is 48.9 Å². The lowest BCUT2D eigenvalue weighted by atomic mass is 9.70. The standard InChI is InChI=1S/C22H28N6O4S/c1-2-9-23-19(30)16-15-7-8-22(33-15)17(16)21(32)27(10-11-29)18(22)20(31)24-12-28-14-6-4-3-5-13(14)25-26-28/h3-6,15-18,29H,2,7-12H2,1H3,(H,23,30)(H,24,31)/t15-,16+,17+,18?,22?/m1/s1. The van der Waals surface area contributed by atoms with Crippen molar-refractivity contribution in [1.29, 1.82) is 0 Å². The number of rotatable bonds is 8. The van der Waals surface area contributed by atoms with E-state index in [-0.39, 0.29) is 42.8 Å². The summed E-state index contributed by atoms with van der Waals surface area (Å²) in [5.74, 6) is -1.59. The number of aromatic nitrogens is 3. The van der Waals surface area contributed by atoms with Crippen LogP contribution in [0.2, 0.25) is 0 Å². The first-order chi connectivity index (χ1) is 16.0. The number of likely N-dealkylation sites (tertiary alicyclic amines) is 1. The Morgan fingerprint density at radius 2 is 2.09 bits per heavy atom. The number of amides is 3. The fourth-order valence-corrected chi connectivity index (χ4v) is 7.97. The molecule has 11 heteroatoms. The first-order valence-corrected chi connectivity index (χ1v) is 12.3. The van der Waals surface area contributed by atoms with E-state index in [2.05, 4.69) is 20.9 Å². The van der Waals surface area contributed by atoms with Crippen molar-refractivity contribution in [2.24, 2.45) is 11.8 Å². The maximum atomic E-state index is 13.5. The predicted molar refractivity (Wildman–Crippen MR) is 122 cm³/mol. The number of carbonyl (C=O) groups excluding carboxylic acids is 3. The molecule has 3 N–H and O–H groups in total. The van der Waals surface area contributed by atoms with Gasteiger partial charge >= 0.3 is 0 Å². The van der Waals surface area contributed by atoms with Gasteiger partial charge in [-0.25, -0.2) is 4.68 Å². The SMILES string of the molecule is CCCNC(=O)[C@@H]1[C@H]2C(=O)N(CCO)C(C(=O)NCn3nnc4ccccc43)C23CC[C@H]1S3. The van der Waals surface area contributed by atoms with E-state index in [0.29, 0.717) is 13.0 Å². The van der Waals surface area contributed by atoms with Crippen molar-refractivity contribution >= 4 is 40.5 Å². The summed E-state index contributed by atoms with van der Waals surface area (Å²) >= 11 is 1.61. The highest BCUT2D eigenvalue weighted by Gasteiger charge is 2.73. The number of hydrogen-bond acceptors (Lipinski definition) is 7. The molecule has 2 bridgehead atoms. The molecule has 3 aliphatic rings. The highest BCUT2D eigenvalue weighted by atomic mass is 32.2. The first kappa shape index (κ1) is 22.1. The Bertz CT molecular complexity index is 1090. The van der Waals surface area contributed by atoms with Gasteiger partial charge in [-0.05, 0) is 31.4 Å². The van der Waals surface area contributed by atoms with Gasteiger partial charge in [0, 0.05) is 18.3 Å². The average molecular weight is 473 g/mol. The van der Waals surface area contributed by atoms with Crippen LogP contribution in [0, 0.1) is 11.8 Å². The van der Waals surface area contributed by atoms with Crippen LogP contribution in [0.3, 0.4) is 0 Å². The minimum Gasteiger partial charge on any atom is -0.395 e. The lowest BCUT2D eigenvalue weighted by Crippen LogP contribution is -2.54. The number of nitrogens with one attached hydrogen (secondary N) is 2. The normalized spacial score (nSPS) is 30.1. The Labute approximate surface area is 195 Å². The zero-order chi connectivity index (χ0) is 23.2. The Morgan fingerprint density at radius 1 is 1.27 bits per heavy atom. The summed E-state index contributed by atoms with van der Waals surface area (Å²) in [6.07, 6.45) is 2.31. The second-order valence-electron chi connectivity index (χ2n) is 8.88. The fraction of sp³-hybridized carbons (Fsp3) is 0.591. The maximum Gasteiger partial charge on any atom is 0.245 e. The number of fused-ring (bicyclic) bond motifs is 2. The number of benzene rings is 1. The third-order valence-electron chi connectivity index (χ3n) is 7.06. The van der Waals surface area contributed by atoms with E-state index in [9.17, 15) is 19.5 Å². The van der Waals surface area contributed by atoms with Crippen LogP contribution < -0.4 is 10.6 Å². The van der Waals surface area contributed by atoms with E-state index >= 15 is 0 Å². The molecule has 10 nitrogen and oxygen atoms in total. The van der Waals surface area contributed by atoms with Crippen LogP contribution in [0.4, 0.5) is 0 Å². The number of aliphatic hydroxyl groups is 1. The van der Waals surface area contributed by atoms with Crippen LogP contribution in [-0.2, 0) is 21.1 Å². The highest BCUT2D eigenvalue weighted by Crippen LogP contribution is 2.66. The summed E-state index contributed by atoms with van der Waals surface area (Å²) in [7, 11) is 0. The van der Waals surface area contributed by atoms with Crippen LogP contribution in [0.15, 0.2) is 24.3 Å². The molecule has 1 spiro atoms. The Kier molecular flexibility index (Phi) is 5.77. The average Bonchev–Trinajstić information content (AvgIpc) is 3.56. The van der Waals surface area contributed by atoms with Crippen molar-refractivity contribution in [1.82, 2.24) is 30.5 Å². The van der Waals surface area contributed by atoms with E-state index in [1.165, 1.54) is 4.90 Å². The summed E-state index contributed by atoms with van der Waals surface area (Å²) in [4.78, 5) is 41.4. The Hall–Kier alpha value is -2.66. The monoisotopic (exact) mass is 472 g/mol. The molecule has 3 aliphatic heterocycles. The van der Waals surface area contributed by atoms with E-state index in [4.69, 9.17) is 0 Å². The van der Waals surface area contributed by atoms with E-state index < -0.39 is 22.6 Å². The molecule has 2 aromatic rings. The van der Waals surface area contributed by atoms with Crippen molar-refractivity contribution in [3.05, 3.63) is 24.3 Å². The Balaban J connectivity index is 1.40. The quantitative estimate of drug-likeness (QED) is 0.497. The van der Waals surface area contributed by atoms with Gasteiger partial charge in [-0.3, -0.25) is 14.4 Å². The molecule has 5 atom stereocenters. The summed E-state index contributed by atoms with van der Waals surface area (Å²) < 4.78 is 0.954. The summed E-state index contributed by atoms with van der Waals surface area (Å²) in [5.41, 5.74) is 1.53. The second-order valence-corrected chi connectivity index (χ2v) is 10.5. The number of nitrogens with zero attached hydrogens (tertiary/aromatic N) is 4. The van der Waals surface area contributed by atoms with E-state index in [1.807, 2.05) is 31.2 Å². The van der Waals surface area contributed by atoms with Crippen molar-refractivity contribution in [2.75, 3.05) is 19.7 Å². The molecule has 2 unspecified atom stereocenters. The fourth-order valence-electron chi connectivity index (χ4n) is 5.75. The molecule has 0 aliphatic carbocycles. The number of aliphatic hydroxyl groups excluding tert-OH is 1. The van der Waals surface area contributed by atoms with Gasteiger partial charge in [0.1, 0.15) is 18.2 Å². The molecule has 0 radical (unpaired) electrons. The molecule has 33 heavy (non-hydrogen) atoms. The molecule has 3 fully saturated rings. The minimum atomic E-state index is -0.740. The van der Waals surface area contributed by atoms with Gasteiger partial charge in [-0.15, -0.1) is 16.9 Å². The Morgan fingerprint density at radius 3 is 2.88 bits per heavy atom. The highest BCUT2D eigenvalue weighted by molar-refractivity contribution is 8.02. The zero-order valence-corrected chi connectivity index (χ0v) is 19.3. The molecule has 1 aromatic heterocycles. The van der Waals surface area contributed by atoms with Crippen LogP contribution in [0.1, 0.15) is 26.2 Å². The topological polar surface area (TPSA) is 129 Å². The summed E-state index contributed by atoms with van der Waals surface area (Å²) in [6, 6.07) is 6.73. The van der Waals surface area contributed by atoms with Gasteiger partial charge in [0.25, 0.3) is 0 Å². The number of carbonyl (C=O) groups is 3. The lowest BCUT2D eigenvalue weighted by Gasteiger charge is -2.34. The molecule has 3 amide bonds. The maximum absolute atomic E-state index is 13.5.